The molecule has 0 saturated carbocycles. The predicted octanol–water partition coefficient (Wildman–Crippen LogP) is 1.88. The summed E-state index contributed by atoms with van der Waals surface area (Å²) in [6.45, 7) is 3.23. The quantitative estimate of drug-likeness (QED) is 0.594. The molecule has 1 aliphatic heterocycles. The number of carbonyl (C=O) groups excluding carboxylic acids is 1. The Morgan fingerprint density at radius 3 is 2.70 bits per heavy atom. The van der Waals surface area contributed by atoms with Gasteiger partial charge in [-0.3, -0.25) is 9.36 Å². The van der Waals surface area contributed by atoms with E-state index in [2.05, 4.69) is 30.5 Å². The Morgan fingerprint density at radius 2 is 1.97 bits per heavy atom. The number of nitrogens with zero attached hydrogens (tertiary/aromatic N) is 5. The van der Waals surface area contributed by atoms with Crippen molar-refractivity contribution >= 4 is 29.3 Å². The summed E-state index contributed by atoms with van der Waals surface area (Å²) in [6.07, 6.45) is 5.18. The van der Waals surface area contributed by atoms with Crippen LogP contribution in [0.3, 0.4) is 0 Å². The zero-order chi connectivity index (χ0) is 20.8. The van der Waals surface area contributed by atoms with Crippen LogP contribution in [0, 0.1) is 0 Å². The van der Waals surface area contributed by atoms with Crippen LogP contribution < -0.4 is 15.5 Å². The molecule has 0 unspecified atom stereocenters. The molecule has 0 radical (unpaired) electrons. The van der Waals surface area contributed by atoms with Crippen molar-refractivity contribution < 1.29 is 9.53 Å². The summed E-state index contributed by atoms with van der Waals surface area (Å²) >= 11 is 5.89. The highest BCUT2D eigenvalue weighted by Gasteiger charge is 2.16. The highest BCUT2D eigenvalue weighted by Crippen LogP contribution is 2.18. The van der Waals surface area contributed by atoms with Gasteiger partial charge in [-0.1, -0.05) is 23.7 Å². The third-order valence-electron chi connectivity index (χ3n) is 4.60. The first-order valence-electron chi connectivity index (χ1n) is 9.62. The Labute approximate surface area is 179 Å². The number of imidazole rings is 1. The second kappa shape index (κ2) is 9.55. The van der Waals surface area contributed by atoms with E-state index in [9.17, 15) is 4.79 Å². The molecule has 1 aromatic carbocycles. The van der Waals surface area contributed by atoms with E-state index < -0.39 is 0 Å². The van der Waals surface area contributed by atoms with Crippen LogP contribution in [-0.2, 0) is 16.1 Å². The minimum Gasteiger partial charge on any atom is -0.378 e. The van der Waals surface area contributed by atoms with Crippen molar-refractivity contribution in [3.8, 4) is 5.82 Å². The number of amides is 1. The van der Waals surface area contributed by atoms with E-state index in [-0.39, 0.29) is 12.5 Å². The fourth-order valence-corrected chi connectivity index (χ4v) is 3.11. The molecule has 1 aliphatic rings. The summed E-state index contributed by atoms with van der Waals surface area (Å²) < 4.78 is 7.22. The third kappa shape index (κ3) is 5.25. The molecule has 10 heteroatoms. The first kappa shape index (κ1) is 20.1. The SMILES string of the molecule is O=C(CNc1cc(-n2ccnc2)nc(N2CCOCC2)n1)NCc1ccc(Cl)cc1. The minimum atomic E-state index is -0.138. The fourth-order valence-electron chi connectivity index (χ4n) is 2.98. The number of anilines is 2. The minimum absolute atomic E-state index is 0.0938. The molecule has 156 valence electrons. The largest absolute Gasteiger partial charge is 0.378 e. The molecule has 2 N–H and O–H groups in total. The smallest absolute Gasteiger partial charge is 0.239 e. The highest BCUT2D eigenvalue weighted by atomic mass is 35.5. The van der Waals surface area contributed by atoms with E-state index in [1.165, 1.54) is 0 Å². The molecule has 2 aromatic heterocycles. The lowest BCUT2D eigenvalue weighted by molar-refractivity contribution is -0.119. The van der Waals surface area contributed by atoms with Crippen LogP contribution in [-0.4, -0.2) is 58.3 Å². The molecule has 0 atom stereocenters. The van der Waals surface area contributed by atoms with Gasteiger partial charge < -0.3 is 20.3 Å². The van der Waals surface area contributed by atoms with Crippen molar-refractivity contribution in [1.82, 2.24) is 24.8 Å². The number of carbonyl (C=O) groups is 1. The second-order valence-electron chi connectivity index (χ2n) is 6.74. The molecule has 4 rings (SSSR count). The summed E-state index contributed by atoms with van der Waals surface area (Å²) in [5, 5.41) is 6.64. The maximum absolute atomic E-state index is 12.3. The van der Waals surface area contributed by atoms with Crippen molar-refractivity contribution in [3.63, 3.8) is 0 Å². The molecule has 1 saturated heterocycles. The van der Waals surface area contributed by atoms with Gasteiger partial charge in [0, 0.05) is 43.1 Å². The molecular weight excluding hydrogens is 406 g/mol. The Bertz CT molecular complexity index is 973. The second-order valence-corrected chi connectivity index (χ2v) is 7.17. The monoisotopic (exact) mass is 427 g/mol. The molecule has 0 bridgehead atoms. The van der Waals surface area contributed by atoms with Crippen LogP contribution in [0.5, 0.6) is 0 Å². The van der Waals surface area contributed by atoms with Crippen molar-refractivity contribution in [2.45, 2.75) is 6.54 Å². The van der Waals surface area contributed by atoms with Gasteiger partial charge in [-0.25, -0.2) is 4.98 Å². The van der Waals surface area contributed by atoms with Gasteiger partial charge in [0.25, 0.3) is 0 Å². The third-order valence-corrected chi connectivity index (χ3v) is 4.85. The number of hydrogen-bond donors (Lipinski definition) is 2. The van der Waals surface area contributed by atoms with Gasteiger partial charge in [-0.15, -0.1) is 0 Å². The molecule has 3 aromatic rings. The number of benzene rings is 1. The normalized spacial score (nSPS) is 13.8. The van der Waals surface area contributed by atoms with Gasteiger partial charge in [-0.05, 0) is 17.7 Å². The van der Waals surface area contributed by atoms with Crippen molar-refractivity contribution in [3.05, 3.63) is 59.6 Å². The van der Waals surface area contributed by atoms with Gasteiger partial charge in [0.15, 0.2) is 0 Å². The first-order chi connectivity index (χ1) is 14.7. The fraction of sp³-hybridized carbons (Fsp3) is 0.300. The highest BCUT2D eigenvalue weighted by molar-refractivity contribution is 6.30. The van der Waals surface area contributed by atoms with Crippen LogP contribution in [0.2, 0.25) is 5.02 Å². The van der Waals surface area contributed by atoms with Crippen molar-refractivity contribution in [2.24, 2.45) is 0 Å². The number of halogens is 1. The van der Waals surface area contributed by atoms with E-state index in [0.29, 0.717) is 55.5 Å². The molecule has 3 heterocycles. The lowest BCUT2D eigenvalue weighted by Gasteiger charge is -2.27. The Balaban J connectivity index is 1.42. The van der Waals surface area contributed by atoms with E-state index in [1.807, 2.05) is 18.3 Å². The average Bonchev–Trinajstić information content (AvgIpc) is 3.33. The van der Waals surface area contributed by atoms with Crippen LogP contribution in [0.25, 0.3) is 5.82 Å². The Kier molecular flexibility index (Phi) is 6.41. The Hall–Kier alpha value is -3.17. The number of ether oxygens (including phenoxy) is 1. The molecule has 0 spiro atoms. The van der Waals surface area contributed by atoms with Crippen LogP contribution in [0.15, 0.2) is 49.1 Å². The zero-order valence-electron chi connectivity index (χ0n) is 16.3. The standard InChI is InChI=1S/C20H22ClN7O2/c21-16-3-1-15(2-4-16)12-24-19(29)13-23-17-11-18(28-6-5-22-14-28)26-20(25-17)27-7-9-30-10-8-27/h1-6,11,14H,7-10,12-13H2,(H,24,29)(H,23,25,26). The predicted molar refractivity (Wildman–Crippen MR) is 114 cm³/mol. The molecule has 1 fully saturated rings. The lowest BCUT2D eigenvalue weighted by atomic mass is 10.2. The lowest BCUT2D eigenvalue weighted by Crippen LogP contribution is -2.37. The molecule has 0 aliphatic carbocycles. The number of rotatable bonds is 7. The summed E-state index contributed by atoms with van der Waals surface area (Å²) in [6, 6.07) is 9.15. The van der Waals surface area contributed by atoms with E-state index in [0.717, 1.165) is 5.56 Å². The summed E-state index contributed by atoms with van der Waals surface area (Å²) in [5.41, 5.74) is 0.979. The van der Waals surface area contributed by atoms with Gasteiger partial charge in [0.05, 0.1) is 19.8 Å². The van der Waals surface area contributed by atoms with Gasteiger partial charge >= 0.3 is 0 Å². The van der Waals surface area contributed by atoms with Gasteiger partial charge in [0.1, 0.15) is 18.0 Å². The first-order valence-corrected chi connectivity index (χ1v) is 10.0. The maximum atomic E-state index is 12.3. The van der Waals surface area contributed by atoms with Gasteiger partial charge in [-0.2, -0.15) is 9.97 Å². The van der Waals surface area contributed by atoms with Crippen LogP contribution in [0.4, 0.5) is 11.8 Å². The Morgan fingerprint density at radius 1 is 1.17 bits per heavy atom. The van der Waals surface area contributed by atoms with Gasteiger partial charge in [0.2, 0.25) is 11.9 Å². The average molecular weight is 428 g/mol. The molecular formula is C20H22ClN7O2. The van der Waals surface area contributed by atoms with E-state index >= 15 is 0 Å². The van der Waals surface area contributed by atoms with Crippen LogP contribution >= 0.6 is 11.6 Å². The number of aromatic nitrogens is 4. The number of morpholine rings is 1. The summed E-state index contributed by atoms with van der Waals surface area (Å²) in [7, 11) is 0. The zero-order valence-corrected chi connectivity index (χ0v) is 17.0. The summed E-state index contributed by atoms with van der Waals surface area (Å²) in [4.78, 5) is 27.6. The molecule has 30 heavy (non-hydrogen) atoms. The van der Waals surface area contributed by atoms with Crippen molar-refractivity contribution in [2.75, 3.05) is 43.1 Å². The van der Waals surface area contributed by atoms with E-state index in [1.54, 1.807) is 35.3 Å². The van der Waals surface area contributed by atoms with Crippen molar-refractivity contribution in [1.29, 1.82) is 0 Å². The topological polar surface area (TPSA) is 97.2 Å². The van der Waals surface area contributed by atoms with Crippen LogP contribution in [0.1, 0.15) is 5.56 Å². The van der Waals surface area contributed by atoms with E-state index in [4.69, 9.17) is 16.3 Å². The number of hydrogen-bond acceptors (Lipinski definition) is 7. The number of nitrogens with one attached hydrogen (secondary N) is 2. The maximum Gasteiger partial charge on any atom is 0.239 e. The molecule has 9 nitrogen and oxygen atoms in total. The molecule has 1 amide bonds. The summed E-state index contributed by atoms with van der Waals surface area (Å²) in [5.74, 6) is 1.69.